The highest BCUT2D eigenvalue weighted by molar-refractivity contribution is 6.30. The first-order chi connectivity index (χ1) is 14.3. The molecule has 2 aromatic carbocycles. The van der Waals surface area contributed by atoms with Crippen LogP contribution in [0.4, 0.5) is 0 Å². The van der Waals surface area contributed by atoms with Crippen molar-refractivity contribution in [2.45, 2.75) is 26.8 Å². The van der Waals surface area contributed by atoms with E-state index < -0.39 is 23.2 Å². The van der Waals surface area contributed by atoms with Gasteiger partial charge in [-0.1, -0.05) is 55.8 Å². The second kappa shape index (κ2) is 9.09. The van der Waals surface area contributed by atoms with Crippen molar-refractivity contribution >= 4 is 17.5 Å². The zero-order chi connectivity index (χ0) is 21.8. The molecule has 156 valence electrons. The molecule has 0 spiro atoms. The summed E-state index contributed by atoms with van der Waals surface area (Å²) in [6, 6.07) is 15.0. The van der Waals surface area contributed by atoms with Crippen LogP contribution >= 0.6 is 11.6 Å². The van der Waals surface area contributed by atoms with Crippen LogP contribution in [0.3, 0.4) is 0 Å². The zero-order valence-corrected chi connectivity index (χ0v) is 17.8. The van der Waals surface area contributed by atoms with Gasteiger partial charge in [0.05, 0.1) is 11.7 Å². The number of aromatic nitrogens is 3. The van der Waals surface area contributed by atoms with Gasteiger partial charge in [0, 0.05) is 11.6 Å². The number of hydrogen-bond acceptors (Lipinski definition) is 4. The second-order valence-corrected chi connectivity index (χ2v) is 7.82. The maximum Gasteiger partial charge on any atom is 0.352 e. The Morgan fingerprint density at radius 3 is 2.27 bits per heavy atom. The molecule has 3 rings (SSSR count). The Morgan fingerprint density at radius 1 is 1.03 bits per heavy atom. The minimum Gasteiger partial charge on any atom is -0.350 e. The van der Waals surface area contributed by atoms with Gasteiger partial charge in [-0.2, -0.15) is 9.78 Å². The first-order valence-corrected chi connectivity index (χ1v) is 10.0. The molecule has 0 aliphatic carbocycles. The molecule has 0 bridgehead atoms. The number of nitrogens with zero attached hydrogens (tertiary/aromatic N) is 3. The fourth-order valence-corrected chi connectivity index (χ4v) is 3.11. The summed E-state index contributed by atoms with van der Waals surface area (Å²) in [6.45, 7) is 6.00. The summed E-state index contributed by atoms with van der Waals surface area (Å²) in [5.74, 6) is -0.424. The third-order valence-electron chi connectivity index (χ3n) is 4.64. The van der Waals surface area contributed by atoms with Gasteiger partial charge in [0.1, 0.15) is 0 Å². The number of rotatable bonds is 6. The van der Waals surface area contributed by atoms with E-state index in [-0.39, 0.29) is 11.6 Å². The predicted molar refractivity (Wildman–Crippen MR) is 117 cm³/mol. The zero-order valence-electron chi connectivity index (χ0n) is 17.0. The van der Waals surface area contributed by atoms with Gasteiger partial charge in [0.15, 0.2) is 0 Å². The third kappa shape index (κ3) is 4.52. The number of carbonyl (C=O) groups is 1. The van der Waals surface area contributed by atoms with Gasteiger partial charge in [-0.15, -0.1) is 0 Å². The van der Waals surface area contributed by atoms with Gasteiger partial charge < -0.3 is 5.32 Å². The Kier molecular flexibility index (Phi) is 6.52. The van der Waals surface area contributed by atoms with Crippen LogP contribution in [0.25, 0.3) is 5.69 Å². The number of benzene rings is 2. The van der Waals surface area contributed by atoms with E-state index in [2.05, 4.69) is 10.4 Å². The van der Waals surface area contributed by atoms with Crippen LogP contribution < -0.4 is 16.6 Å². The molecular weight excluding hydrogens is 404 g/mol. The summed E-state index contributed by atoms with van der Waals surface area (Å²) in [5.41, 5.74) is -0.551. The van der Waals surface area contributed by atoms with Gasteiger partial charge in [0.25, 0.3) is 11.5 Å². The summed E-state index contributed by atoms with van der Waals surface area (Å²) in [6.07, 6.45) is 0. The van der Waals surface area contributed by atoms with Crippen molar-refractivity contribution in [3.63, 3.8) is 0 Å². The van der Waals surface area contributed by atoms with Crippen LogP contribution in [-0.2, 0) is 0 Å². The fraction of sp³-hybridized carbons (Fsp3) is 0.273. The molecule has 1 atom stereocenters. The summed E-state index contributed by atoms with van der Waals surface area (Å²) in [5, 5.41) is 7.30. The monoisotopic (exact) mass is 426 g/mol. The molecule has 1 N–H and O–H groups in total. The normalized spacial score (nSPS) is 12.0. The molecule has 0 saturated carbocycles. The minimum atomic E-state index is -0.733. The van der Waals surface area contributed by atoms with Gasteiger partial charge in [0.2, 0.25) is 5.69 Å². The molecule has 0 saturated heterocycles. The fourth-order valence-electron chi connectivity index (χ4n) is 2.98. The van der Waals surface area contributed by atoms with Gasteiger partial charge in [-0.3, -0.25) is 9.59 Å². The largest absolute Gasteiger partial charge is 0.352 e. The minimum absolute atomic E-state index is 0.196. The molecule has 8 heteroatoms. The van der Waals surface area contributed by atoms with Gasteiger partial charge in [-0.05, 0) is 42.7 Å². The average molecular weight is 427 g/mol. The maximum absolute atomic E-state index is 13.2. The van der Waals surface area contributed by atoms with Crippen molar-refractivity contribution in [1.29, 1.82) is 0 Å². The lowest BCUT2D eigenvalue weighted by Crippen LogP contribution is -2.47. The Labute approximate surface area is 178 Å². The molecule has 30 heavy (non-hydrogen) atoms. The molecule has 7 nitrogen and oxygen atoms in total. The summed E-state index contributed by atoms with van der Waals surface area (Å²) in [7, 11) is 0. The smallest absolute Gasteiger partial charge is 0.350 e. The molecule has 0 fully saturated rings. The summed E-state index contributed by atoms with van der Waals surface area (Å²) in [4.78, 5) is 39.1. The maximum atomic E-state index is 13.2. The van der Waals surface area contributed by atoms with Gasteiger partial charge in [-0.25, -0.2) is 9.36 Å². The molecular formula is C22H23ClN4O3. The standard InChI is InChI=1S/C22H23ClN4O3/c1-14(2)13-24-20(28)19-21(29)26(15(3)16-7-5-4-6-8-16)22(30)27(25-19)18-11-9-17(23)10-12-18/h4-12,14-15H,13H2,1-3H3,(H,24,28). The van der Waals surface area contributed by atoms with E-state index in [9.17, 15) is 14.4 Å². The number of amides is 1. The van der Waals surface area contributed by atoms with Crippen molar-refractivity contribution in [2.75, 3.05) is 6.54 Å². The molecule has 1 amide bonds. The molecule has 0 aliphatic rings. The van der Waals surface area contributed by atoms with Crippen LogP contribution in [0, 0.1) is 5.92 Å². The SMILES string of the molecule is CC(C)CNC(=O)c1nn(-c2ccc(Cl)cc2)c(=O)n(C(C)c2ccccc2)c1=O. The second-order valence-electron chi connectivity index (χ2n) is 7.39. The number of halogens is 1. The Balaban J connectivity index is 2.22. The van der Waals surface area contributed by atoms with E-state index in [0.717, 1.165) is 14.8 Å². The van der Waals surface area contributed by atoms with Crippen LogP contribution in [-0.4, -0.2) is 26.8 Å². The molecule has 1 aromatic heterocycles. The highest BCUT2D eigenvalue weighted by atomic mass is 35.5. The van der Waals surface area contributed by atoms with E-state index in [0.29, 0.717) is 17.3 Å². The predicted octanol–water partition coefficient (Wildman–Crippen LogP) is 3.04. The first kappa shape index (κ1) is 21.5. The molecule has 0 aliphatic heterocycles. The number of nitrogens with one attached hydrogen (secondary N) is 1. The van der Waals surface area contributed by atoms with Crippen molar-refractivity contribution < 1.29 is 4.79 Å². The van der Waals surface area contributed by atoms with Crippen LogP contribution in [0.5, 0.6) is 0 Å². The third-order valence-corrected chi connectivity index (χ3v) is 4.89. The summed E-state index contributed by atoms with van der Waals surface area (Å²) >= 11 is 5.95. The van der Waals surface area contributed by atoms with Crippen LogP contribution in [0.2, 0.25) is 5.02 Å². The first-order valence-electron chi connectivity index (χ1n) is 9.64. The lowest BCUT2D eigenvalue weighted by atomic mass is 10.1. The van der Waals surface area contributed by atoms with Crippen molar-refractivity contribution in [3.05, 3.63) is 91.7 Å². The van der Waals surface area contributed by atoms with Crippen molar-refractivity contribution in [1.82, 2.24) is 19.7 Å². The molecule has 1 unspecified atom stereocenters. The highest BCUT2D eigenvalue weighted by Gasteiger charge is 2.23. The summed E-state index contributed by atoms with van der Waals surface area (Å²) < 4.78 is 2.11. The molecule has 0 radical (unpaired) electrons. The molecule has 1 heterocycles. The lowest BCUT2D eigenvalue weighted by molar-refractivity contribution is 0.0939. The quantitative estimate of drug-likeness (QED) is 0.656. The van der Waals surface area contributed by atoms with E-state index in [1.165, 1.54) is 0 Å². The number of hydrogen-bond donors (Lipinski definition) is 1. The van der Waals surface area contributed by atoms with Crippen molar-refractivity contribution in [2.24, 2.45) is 5.92 Å². The van der Waals surface area contributed by atoms with E-state index in [1.807, 2.05) is 44.2 Å². The van der Waals surface area contributed by atoms with Crippen LogP contribution in [0.15, 0.2) is 64.2 Å². The van der Waals surface area contributed by atoms with Crippen molar-refractivity contribution in [3.8, 4) is 5.69 Å². The average Bonchev–Trinajstić information content (AvgIpc) is 2.73. The number of carbonyl (C=O) groups excluding carboxylic acids is 1. The Hall–Kier alpha value is -3.19. The van der Waals surface area contributed by atoms with E-state index in [4.69, 9.17) is 11.6 Å². The van der Waals surface area contributed by atoms with E-state index >= 15 is 0 Å². The van der Waals surface area contributed by atoms with Crippen LogP contribution in [0.1, 0.15) is 42.9 Å². The Morgan fingerprint density at radius 2 is 1.67 bits per heavy atom. The molecule has 3 aromatic rings. The highest BCUT2D eigenvalue weighted by Crippen LogP contribution is 2.15. The van der Waals surface area contributed by atoms with Gasteiger partial charge >= 0.3 is 5.69 Å². The Bertz CT molecular complexity index is 1150. The van der Waals surface area contributed by atoms with E-state index in [1.54, 1.807) is 31.2 Å². The lowest BCUT2D eigenvalue weighted by Gasteiger charge is -2.18. The topological polar surface area (TPSA) is 86.0 Å².